The third-order valence-electron chi connectivity index (χ3n) is 4.53. The molecule has 1 aliphatic heterocycles. The molecule has 0 aromatic carbocycles. The number of carbonyl (C=O) groups is 2. The van der Waals surface area contributed by atoms with Crippen molar-refractivity contribution in [1.29, 1.82) is 0 Å². The molecule has 1 N–H and O–H groups in total. The van der Waals surface area contributed by atoms with E-state index in [4.69, 9.17) is 0 Å². The van der Waals surface area contributed by atoms with Gasteiger partial charge in [0, 0.05) is 24.7 Å². The number of pyridine rings is 1. The van der Waals surface area contributed by atoms with Gasteiger partial charge in [0.15, 0.2) is 0 Å². The van der Waals surface area contributed by atoms with E-state index < -0.39 is 0 Å². The number of carbonyl (C=O) groups excluding carboxylic acids is 2. The zero-order valence-corrected chi connectivity index (χ0v) is 16.3. The molecule has 0 aliphatic carbocycles. The van der Waals surface area contributed by atoms with Gasteiger partial charge in [-0.3, -0.25) is 9.59 Å². The molecular weight excluding hydrogens is 334 g/mol. The van der Waals surface area contributed by atoms with E-state index in [-0.39, 0.29) is 23.0 Å². The van der Waals surface area contributed by atoms with Gasteiger partial charge in [-0.05, 0) is 51.0 Å². The van der Waals surface area contributed by atoms with E-state index >= 15 is 0 Å². The van der Waals surface area contributed by atoms with Gasteiger partial charge in [0.05, 0.1) is 5.25 Å². The molecule has 138 valence electrons. The monoisotopic (exact) mass is 363 g/mol. The van der Waals surface area contributed by atoms with Crippen LogP contribution in [0.15, 0.2) is 18.2 Å². The van der Waals surface area contributed by atoms with Gasteiger partial charge in [0.2, 0.25) is 11.8 Å². The molecule has 0 spiro atoms. The lowest BCUT2D eigenvalue weighted by Gasteiger charge is -2.32. The molecule has 1 atom stereocenters. The van der Waals surface area contributed by atoms with Gasteiger partial charge in [0.1, 0.15) is 5.82 Å². The number of hydrogen-bond donors (Lipinski definition) is 1. The van der Waals surface area contributed by atoms with Crippen LogP contribution in [0.1, 0.15) is 45.2 Å². The average molecular weight is 364 g/mol. The summed E-state index contributed by atoms with van der Waals surface area (Å²) in [6, 6.07) is 5.59. The first-order chi connectivity index (χ1) is 12.0. The fourth-order valence-corrected chi connectivity index (χ4v) is 4.04. The summed E-state index contributed by atoms with van der Waals surface area (Å²) in [5.74, 6) is 1.81. The summed E-state index contributed by atoms with van der Waals surface area (Å²) in [4.78, 5) is 31.1. The van der Waals surface area contributed by atoms with E-state index in [1.54, 1.807) is 17.8 Å². The molecule has 25 heavy (non-hydrogen) atoms. The van der Waals surface area contributed by atoms with Gasteiger partial charge in [-0.25, -0.2) is 4.98 Å². The van der Waals surface area contributed by atoms with Gasteiger partial charge >= 0.3 is 0 Å². The van der Waals surface area contributed by atoms with Crippen LogP contribution in [0.2, 0.25) is 0 Å². The molecule has 0 unspecified atom stereocenters. The van der Waals surface area contributed by atoms with E-state index in [0.29, 0.717) is 18.9 Å². The Hall–Kier alpha value is -1.56. The molecule has 1 aromatic heterocycles. The number of nitrogens with zero attached hydrogens (tertiary/aromatic N) is 2. The number of piperidine rings is 1. The highest BCUT2D eigenvalue weighted by molar-refractivity contribution is 8.00. The third-order valence-corrected chi connectivity index (χ3v) is 5.76. The van der Waals surface area contributed by atoms with Gasteiger partial charge in [-0.15, -0.1) is 11.8 Å². The zero-order chi connectivity index (χ0) is 18.2. The van der Waals surface area contributed by atoms with Crippen molar-refractivity contribution in [3.05, 3.63) is 23.9 Å². The molecule has 1 fully saturated rings. The molecule has 0 bridgehead atoms. The summed E-state index contributed by atoms with van der Waals surface area (Å²) < 4.78 is 0. The Bertz CT molecular complexity index is 586. The first-order valence-corrected chi connectivity index (χ1v) is 10.2. The number of hydrogen-bond acceptors (Lipinski definition) is 4. The molecular formula is C19H29N3O2S. The summed E-state index contributed by atoms with van der Waals surface area (Å²) >= 11 is 1.73. The molecule has 0 radical (unpaired) electrons. The van der Waals surface area contributed by atoms with Crippen molar-refractivity contribution in [2.24, 2.45) is 5.92 Å². The Morgan fingerprint density at radius 1 is 1.36 bits per heavy atom. The van der Waals surface area contributed by atoms with Crippen LogP contribution in [0.25, 0.3) is 0 Å². The molecule has 2 amide bonds. The van der Waals surface area contributed by atoms with Gasteiger partial charge < -0.3 is 10.2 Å². The molecule has 6 heteroatoms. The van der Waals surface area contributed by atoms with Crippen LogP contribution < -0.4 is 5.32 Å². The maximum absolute atomic E-state index is 12.5. The second-order valence-corrected chi connectivity index (χ2v) is 8.07. The highest BCUT2D eigenvalue weighted by atomic mass is 32.2. The highest BCUT2D eigenvalue weighted by Crippen LogP contribution is 2.22. The Balaban J connectivity index is 1.78. The molecule has 2 rings (SSSR count). The normalized spacial score (nSPS) is 16.5. The number of nitrogens with one attached hydrogen (secondary N) is 1. The second kappa shape index (κ2) is 9.80. The van der Waals surface area contributed by atoms with E-state index in [0.717, 1.165) is 37.1 Å². The zero-order valence-electron chi connectivity index (χ0n) is 15.5. The van der Waals surface area contributed by atoms with Crippen molar-refractivity contribution in [2.45, 2.75) is 51.7 Å². The van der Waals surface area contributed by atoms with E-state index in [9.17, 15) is 9.59 Å². The minimum Gasteiger partial charge on any atom is -0.342 e. The highest BCUT2D eigenvalue weighted by Gasteiger charge is 2.29. The van der Waals surface area contributed by atoms with Crippen LogP contribution in [0, 0.1) is 12.8 Å². The molecule has 1 aliphatic rings. The lowest BCUT2D eigenvalue weighted by Crippen LogP contribution is -2.44. The second-order valence-electron chi connectivity index (χ2n) is 6.62. The van der Waals surface area contributed by atoms with Crippen molar-refractivity contribution in [3.8, 4) is 0 Å². The summed E-state index contributed by atoms with van der Waals surface area (Å²) in [6.07, 6.45) is 3.74. The number of anilines is 1. The number of aryl methyl sites for hydroxylation is 1. The Kier molecular flexibility index (Phi) is 7.75. The molecule has 1 saturated heterocycles. The summed E-state index contributed by atoms with van der Waals surface area (Å²) in [6.45, 7) is 7.38. The van der Waals surface area contributed by atoms with E-state index in [1.165, 1.54) is 0 Å². The van der Waals surface area contributed by atoms with Gasteiger partial charge in [-0.2, -0.15) is 0 Å². The quantitative estimate of drug-likeness (QED) is 0.753. The fourth-order valence-electron chi connectivity index (χ4n) is 2.94. The predicted molar refractivity (Wildman–Crippen MR) is 104 cm³/mol. The summed E-state index contributed by atoms with van der Waals surface area (Å²) in [7, 11) is 0. The molecule has 5 nitrogen and oxygen atoms in total. The van der Waals surface area contributed by atoms with Gasteiger partial charge in [-0.1, -0.05) is 19.4 Å². The maximum atomic E-state index is 12.5. The van der Waals surface area contributed by atoms with Crippen molar-refractivity contribution >= 4 is 29.4 Å². The molecule has 0 saturated carbocycles. The smallest absolute Gasteiger partial charge is 0.235 e. The number of unbranched alkanes of at least 4 members (excludes halogenated alkanes) is 1. The van der Waals surface area contributed by atoms with Crippen LogP contribution in [-0.4, -0.2) is 45.8 Å². The summed E-state index contributed by atoms with van der Waals surface area (Å²) in [5.41, 5.74) is 0.882. The van der Waals surface area contributed by atoms with Crippen molar-refractivity contribution in [1.82, 2.24) is 9.88 Å². The largest absolute Gasteiger partial charge is 0.342 e. The average Bonchev–Trinajstić information content (AvgIpc) is 2.61. The summed E-state index contributed by atoms with van der Waals surface area (Å²) in [5, 5.41) is 2.90. The first kappa shape index (κ1) is 19.8. The number of rotatable bonds is 7. The number of likely N-dealkylation sites (tertiary alicyclic amines) is 1. The standard InChI is InChI=1S/C19H29N3O2S/c1-4-5-13-25-15(3)19(24)22-11-9-16(10-12-22)18(23)21-17-8-6-7-14(2)20-17/h6-8,15-16H,4-5,9-13H2,1-3H3,(H,20,21,23)/t15-/m0/s1. The van der Waals surface area contributed by atoms with E-state index in [1.807, 2.05) is 30.9 Å². The first-order valence-electron chi connectivity index (χ1n) is 9.16. The minimum atomic E-state index is -0.0468. The van der Waals surface area contributed by atoms with Crippen LogP contribution in [0.4, 0.5) is 5.82 Å². The van der Waals surface area contributed by atoms with Crippen molar-refractivity contribution < 1.29 is 9.59 Å². The Morgan fingerprint density at radius 3 is 2.72 bits per heavy atom. The lowest BCUT2D eigenvalue weighted by atomic mass is 9.95. The lowest BCUT2D eigenvalue weighted by molar-refractivity contribution is -0.133. The van der Waals surface area contributed by atoms with Crippen molar-refractivity contribution in [3.63, 3.8) is 0 Å². The number of thioether (sulfide) groups is 1. The Labute approximate surface area is 155 Å². The van der Waals surface area contributed by atoms with E-state index in [2.05, 4.69) is 17.2 Å². The minimum absolute atomic E-state index is 0.00780. The topological polar surface area (TPSA) is 62.3 Å². The predicted octanol–water partition coefficient (Wildman–Crippen LogP) is 3.49. The van der Waals surface area contributed by atoms with Crippen LogP contribution >= 0.6 is 11.8 Å². The van der Waals surface area contributed by atoms with Crippen LogP contribution in [0.5, 0.6) is 0 Å². The van der Waals surface area contributed by atoms with Crippen LogP contribution in [-0.2, 0) is 9.59 Å². The van der Waals surface area contributed by atoms with Gasteiger partial charge in [0.25, 0.3) is 0 Å². The maximum Gasteiger partial charge on any atom is 0.235 e. The Morgan fingerprint density at radius 2 is 2.08 bits per heavy atom. The molecule has 2 heterocycles. The third kappa shape index (κ3) is 6.03. The fraction of sp³-hybridized carbons (Fsp3) is 0.632. The molecule has 1 aromatic rings. The van der Waals surface area contributed by atoms with Crippen molar-refractivity contribution in [2.75, 3.05) is 24.2 Å². The number of aromatic nitrogens is 1. The SMILES string of the molecule is CCCCS[C@@H](C)C(=O)N1CCC(C(=O)Nc2cccc(C)n2)CC1. The number of amides is 2. The van der Waals surface area contributed by atoms with Crippen LogP contribution in [0.3, 0.4) is 0 Å².